The van der Waals surface area contributed by atoms with Crippen molar-refractivity contribution in [1.82, 2.24) is 0 Å². The number of carboxylic acid groups (broad SMARTS) is 1. The molecule has 1 aliphatic carbocycles. The van der Waals surface area contributed by atoms with Crippen LogP contribution in [0.4, 0.5) is 0 Å². The molecule has 0 aromatic carbocycles. The Labute approximate surface area is 99.7 Å². The maximum atomic E-state index is 10.9. The van der Waals surface area contributed by atoms with Gasteiger partial charge >= 0.3 is 13.6 Å². The molecule has 0 aromatic rings. The van der Waals surface area contributed by atoms with E-state index in [9.17, 15) is 9.36 Å². The van der Waals surface area contributed by atoms with Crippen molar-refractivity contribution in [2.24, 2.45) is 17.6 Å². The lowest BCUT2D eigenvalue weighted by Crippen LogP contribution is -2.41. The van der Waals surface area contributed by atoms with Gasteiger partial charge in [0, 0.05) is 5.92 Å². The zero-order valence-corrected chi connectivity index (χ0v) is 10.5. The van der Waals surface area contributed by atoms with Gasteiger partial charge in [0.15, 0.2) is 0 Å². The second-order valence-corrected chi connectivity index (χ2v) is 6.25. The minimum Gasteiger partial charge on any atom is -0.480 e. The third-order valence-corrected chi connectivity index (χ3v) is 3.93. The monoisotopic (exact) mass is 263 g/mol. The third-order valence-electron chi connectivity index (χ3n) is 3.11. The first-order valence-corrected chi connectivity index (χ1v) is 7.23. The molecule has 0 saturated carbocycles. The van der Waals surface area contributed by atoms with E-state index in [0.717, 1.165) is 0 Å². The molecule has 1 aliphatic rings. The molecule has 0 heterocycles. The van der Waals surface area contributed by atoms with Crippen LogP contribution in [0.15, 0.2) is 11.6 Å². The van der Waals surface area contributed by atoms with Crippen molar-refractivity contribution in [3.8, 4) is 0 Å². The molecule has 98 valence electrons. The van der Waals surface area contributed by atoms with Crippen LogP contribution in [0.1, 0.15) is 19.8 Å². The van der Waals surface area contributed by atoms with Crippen LogP contribution in [0, 0.1) is 11.8 Å². The van der Waals surface area contributed by atoms with E-state index in [4.69, 9.17) is 20.6 Å². The van der Waals surface area contributed by atoms with Crippen molar-refractivity contribution in [3.63, 3.8) is 0 Å². The molecular formula is C10H18NO5P. The summed E-state index contributed by atoms with van der Waals surface area (Å²) < 4.78 is 10.9. The summed E-state index contributed by atoms with van der Waals surface area (Å²) in [5.74, 6) is -1.33. The molecule has 6 nitrogen and oxygen atoms in total. The van der Waals surface area contributed by atoms with Crippen molar-refractivity contribution >= 4 is 13.6 Å². The van der Waals surface area contributed by atoms with E-state index < -0.39 is 19.6 Å². The maximum absolute atomic E-state index is 10.9. The quantitative estimate of drug-likeness (QED) is 0.434. The van der Waals surface area contributed by atoms with Crippen LogP contribution < -0.4 is 5.73 Å². The van der Waals surface area contributed by atoms with Crippen LogP contribution in [0.25, 0.3) is 0 Å². The van der Waals surface area contributed by atoms with Crippen LogP contribution in [-0.2, 0) is 9.36 Å². The number of aliphatic carboxylic acids is 1. The predicted molar refractivity (Wildman–Crippen MR) is 62.5 cm³/mol. The number of rotatable bonds is 4. The van der Waals surface area contributed by atoms with Crippen molar-refractivity contribution in [2.45, 2.75) is 25.8 Å². The number of nitrogens with two attached hydrogens (primary N) is 1. The maximum Gasteiger partial charge on any atom is 0.329 e. The molecule has 0 bridgehead atoms. The van der Waals surface area contributed by atoms with Gasteiger partial charge in [-0.05, 0) is 18.8 Å². The Balaban J connectivity index is 2.85. The molecule has 5 N–H and O–H groups in total. The Kier molecular flexibility index (Phi) is 4.49. The number of carbonyl (C=O) groups is 1. The number of hydrogen-bond donors (Lipinski definition) is 4. The molecule has 0 amide bonds. The average molecular weight is 263 g/mol. The largest absolute Gasteiger partial charge is 0.480 e. The van der Waals surface area contributed by atoms with Gasteiger partial charge in [-0.2, -0.15) is 0 Å². The van der Waals surface area contributed by atoms with Gasteiger partial charge < -0.3 is 20.6 Å². The molecule has 0 fully saturated rings. The molecule has 0 unspecified atom stereocenters. The van der Waals surface area contributed by atoms with Gasteiger partial charge in [-0.3, -0.25) is 9.36 Å². The van der Waals surface area contributed by atoms with E-state index in [-0.39, 0.29) is 18.0 Å². The lowest BCUT2D eigenvalue weighted by Gasteiger charge is -2.30. The standard InChI is InChI=1S/C10H18NO5P/c1-6-2-3-7(5-17(14,15)16)4-8(6)9(11)10(12)13/h4,6,8-9H,2-3,5,11H2,1H3,(H,12,13)(H2,14,15,16)/t6-,8-,9-/m1/s1. The first-order chi connectivity index (χ1) is 7.70. The van der Waals surface area contributed by atoms with Gasteiger partial charge in [-0.15, -0.1) is 0 Å². The third kappa shape index (κ3) is 4.24. The summed E-state index contributed by atoms with van der Waals surface area (Å²) in [6.45, 7) is 1.90. The van der Waals surface area contributed by atoms with Gasteiger partial charge in [0.25, 0.3) is 0 Å². The zero-order valence-electron chi connectivity index (χ0n) is 9.61. The highest BCUT2D eigenvalue weighted by molar-refractivity contribution is 7.52. The Hall–Kier alpha value is -0.680. The molecule has 0 spiro atoms. The van der Waals surface area contributed by atoms with Gasteiger partial charge in [-0.25, -0.2) is 0 Å². The Morgan fingerprint density at radius 1 is 1.65 bits per heavy atom. The number of allylic oxidation sites excluding steroid dienone is 1. The fraction of sp³-hybridized carbons (Fsp3) is 0.700. The van der Waals surface area contributed by atoms with E-state index >= 15 is 0 Å². The van der Waals surface area contributed by atoms with Gasteiger partial charge in [0.05, 0.1) is 6.16 Å². The van der Waals surface area contributed by atoms with Gasteiger partial charge in [0.1, 0.15) is 6.04 Å². The summed E-state index contributed by atoms with van der Waals surface area (Å²) in [5.41, 5.74) is 6.18. The van der Waals surface area contributed by atoms with Crippen LogP contribution in [0.2, 0.25) is 0 Å². The lowest BCUT2D eigenvalue weighted by molar-refractivity contribution is -0.139. The number of hydrogen-bond acceptors (Lipinski definition) is 3. The highest BCUT2D eigenvalue weighted by atomic mass is 31.2. The summed E-state index contributed by atoms with van der Waals surface area (Å²) in [5, 5.41) is 8.86. The second kappa shape index (κ2) is 5.31. The second-order valence-electron chi connectivity index (χ2n) is 4.61. The number of carboxylic acids is 1. The minimum absolute atomic E-state index is 0.113. The van der Waals surface area contributed by atoms with Crippen LogP contribution >= 0.6 is 7.60 Å². The summed E-state index contributed by atoms with van der Waals surface area (Å²) in [6.07, 6.45) is 2.63. The zero-order chi connectivity index (χ0) is 13.2. The summed E-state index contributed by atoms with van der Waals surface area (Å²) in [7, 11) is -4.09. The molecule has 3 atom stereocenters. The van der Waals surface area contributed by atoms with E-state index in [1.807, 2.05) is 6.92 Å². The highest BCUT2D eigenvalue weighted by Gasteiger charge is 2.31. The first kappa shape index (κ1) is 14.4. The van der Waals surface area contributed by atoms with Crippen molar-refractivity contribution < 1.29 is 24.3 Å². The SMILES string of the molecule is C[C@@H]1CCC(CP(=O)(O)O)=C[C@H]1[C@@H](N)C(=O)O. The topological polar surface area (TPSA) is 121 Å². The van der Waals surface area contributed by atoms with Gasteiger partial charge in [0.2, 0.25) is 0 Å². The normalized spacial score (nSPS) is 27.4. The fourth-order valence-electron chi connectivity index (χ4n) is 2.14. The van der Waals surface area contributed by atoms with E-state index in [1.54, 1.807) is 6.08 Å². The smallest absolute Gasteiger partial charge is 0.329 e. The molecule has 17 heavy (non-hydrogen) atoms. The van der Waals surface area contributed by atoms with Crippen LogP contribution in [0.5, 0.6) is 0 Å². The average Bonchev–Trinajstić information content (AvgIpc) is 2.17. The van der Waals surface area contributed by atoms with Crippen molar-refractivity contribution in [2.75, 3.05) is 6.16 Å². The van der Waals surface area contributed by atoms with Crippen LogP contribution in [-0.4, -0.2) is 33.1 Å². The molecule has 0 saturated heterocycles. The van der Waals surface area contributed by atoms with Crippen LogP contribution in [0.3, 0.4) is 0 Å². The van der Waals surface area contributed by atoms with E-state index in [0.29, 0.717) is 18.4 Å². The summed E-state index contributed by atoms with van der Waals surface area (Å²) in [4.78, 5) is 28.6. The minimum atomic E-state index is -4.09. The van der Waals surface area contributed by atoms with Crippen molar-refractivity contribution in [1.29, 1.82) is 0 Å². The Morgan fingerprint density at radius 3 is 2.71 bits per heavy atom. The molecule has 0 radical (unpaired) electrons. The fourth-order valence-corrected chi connectivity index (χ4v) is 2.94. The lowest BCUT2D eigenvalue weighted by atomic mass is 9.78. The first-order valence-electron chi connectivity index (χ1n) is 5.43. The molecule has 0 aliphatic heterocycles. The Bertz CT molecular complexity index is 375. The molecule has 0 aromatic heterocycles. The Morgan fingerprint density at radius 2 is 2.24 bits per heavy atom. The molecular weight excluding hydrogens is 245 g/mol. The molecule has 7 heteroatoms. The predicted octanol–water partition coefficient (Wildman–Crippen LogP) is 0.548. The van der Waals surface area contributed by atoms with E-state index in [2.05, 4.69) is 0 Å². The van der Waals surface area contributed by atoms with E-state index in [1.165, 1.54) is 0 Å². The van der Waals surface area contributed by atoms with Crippen molar-refractivity contribution in [3.05, 3.63) is 11.6 Å². The highest BCUT2D eigenvalue weighted by Crippen LogP contribution is 2.41. The summed E-state index contributed by atoms with van der Waals surface area (Å²) in [6, 6.07) is -1.02. The summed E-state index contributed by atoms with van der Waals surface area (Å²) >= 11 is 0. The van der Waals surface area contributed by atoms with Gasteiger partial charge in [-0.1, -0.05) is 18.6 Å². The molecule has 1 rings (SSSR count).